The molecule has 0 unspecified atom stereocenters. The number of esters is 1. The van der Waals surface area contributed by atoms with Crippen LogP contribution in [0.4, 0.5) is 0 Å². The zero-order valence-corrected chi connectivity index (χ0v) is 11.4. The van der Waals surface area contributed by atoms with Gasteiger partial charge in [0.2, 0.25) is 0 Å². The van der Waals surface area contributed by atoms with Gasteiger partial charge in [0.05, 0.1) is 11.1 Å². The molecule has 19 heavy (non-hydrogen) atoms. The second-order valence-corrected chi connectivity index (χ2v) is 4.43. The first-order chi connectivity index (χ1) is 9.10. The van der Waals surface area contributed by atoms with Crippen molar-refractivity contribution in [3.63, 3.8) is 0 Å². The van der Waals surface area contributed by atoms with Crippen molar-refractivity contribution in [2.24, 2.45) is 0 Å². The minimum absolute atomic E-state index is 0.0159. The fraction of sp³-hybridized carbons (Fsp3) is 0.467. The zero-order chi connectivity index (χ0) is 14.3. The number of carboxylic acid groups (broad SMARTS) is 1. The van der Waals surface area contributed by atoms with Gasteiger partial charge in [-0.2, -0.15) is 0 Å². The van der Waals surface area contributed by atoms with Gasteiger partial charge in [0, 0.05) is 0 Å². The third-order valence-electron chi connectivity index (χ3n) is 2.99. The number of aromatic carboxylic acids is 1. The molecule has 1 aromatic carbocycles. The van der Waals surface area contributed by atoms with Crippen molar-refractivity contribution in [3.05, 3.63) is 35.4 Å². The molecule has 0 saturated carbocycles. The van der Waals surface area contributed by atoms with E-state index in [0.29, 0.717) is 0 Å². The quantitative estimate of drug-likeness (QED) is 0.765. The second kappa shape index (κ2) is 7.56. The molecule has 1 N–H and O–H groups in total. The molecule has 0 bridgehead atoms. The largest absolute Gasteiger partial charge is 0.478 e. The number of carboxylic acids is 1. The maximum absolute atomic E-state index is 12.0. The molecule has 1 rings (SSSR count). The Bertz CT molecular complexity index is 440. The lowest BCUT2D eigenvalue weighted by Gasteiger charge is -2.16. The first kappa shape index (κ1) is 15.2. The lowest BCUT2D eigenvalue weighted by molar-refractivity contribution is 0.0263. The predicted molar refractivity (Wildman–Crippen MR) is 72.4 cm³/mol. The molecule has 104 valence electrons. The van der Waals surface area contributed by atoms with Crippen LogP contribution in [0.3, 0.4) is 0 Å². The molecule has 0 fully saturated rings. The Hall–Kier alpha value is -1.84. The molecule has 0 aliphatic rings. The van der Waals surface area contributed by atoms with Gasteiger partial charge in [-0.05, 0) is 25.0 Å². The molecule has 0 radical (unpaired) electrons. The van der Waals surface area contributed by atoms with E-state index in [1.165, 1.54) is 12.1 Å². The minimum Gasteiger partial charge on any atom is -0.478 e. The van der Waals surface area contributed by atoms with Crippen molar-refractivity contribution < 1.29 is 19.4 Å². The summed E-state index contributed by atoms with van der Waals surface area (Å²) in [6.45, 7) is 4.03. The average molecular weight is 264 g/mol. The van der Waals surface area contributed by atoms with Crippen molar-refractivity contribution in [1.82, 2.24) is 0 Å². The molecule has 4 heteroatoms. The third-order valence-corrected chi connectivity index (χ3v) is 2.99. The van der Waals surface area contributed by atoms with Crippen LogP contribution in [0.1, 0.15) is 60.2 Å². The van der Waals surface area contributed by atoms with Crippen molar-refractivity contribution in [2.75, 3.05) is 0 Å². The number of unbranched alkanes of at least 4 members (excludes halogenated alkanes) is 1. The lowest BCUT2D eigenvalue weighted by atomic mass is 10.1. The molecule has 0 aromatic heterocycles. The van der Waals surface area contributed by atoms with Gasteiger partial charge in [0.15, 0.2) is 0 Å². The van der Waals surface area contributed by atoms with Crippen LogP contribution < -0.4 is 0 Å². The van der Waals surface area contributed by atoms with E-state index in [2.05, 4.69) is 6.92 Å². The first-order valence-electron chi connectivity index (χ1n) is 6.63. The molecule has 0 aliphatic heterocycles. The molecule has 0 aliphatic carbocycles. The highest BCUT2D eigenvalue weighted by atomic mass is 16.5. The molecule has 1 aromatic rings. The van der Waals surface area contributed by atoms with Gasteiger partial charge in [0.25, 0.3) is 0 Å². The summed E-state index contributed by atoms with van der Waals surface area (Å²) >= 11 is 0. The van der Waals surface area contributed by atoms with E-state index in [1.54, 1.807) is 12.1 Å². The van der Waals surface area contributed by atoms with Crippen LogP contribution in [0.25, 0.3) is 0 Å². The number of carbonyl (C=O) groups is 2. The zero-order valence-electron chi connectivity index (χ0n) is 11.4. The Labute approximate surface area is 113 Å². The van der Waals surface area contributed by atoms with Gasteiger partial charge < -0.3 is 9.84 Å². The normalized spacial score (nSPS) is 11.9. The topological polar surface area (TPSA) is 63.6 Å². The van der Waals surface area contributed by atoms with Gasteiger partial charge in [-0.25, -0.2) is 9.59 Å². The van der Waals surface area contributed by atoms with Crippen LogP contribution in [0, 0.1) is 0 Å². The average Bonchev–Trinajstić information content (AvgIpc) is 2.43. The van der Waals surface area contributed by atoms with Crippen LogP contribution >= 0.6 is 0 Å². The summed E-state index contributed by atoms with van der Waals surface area (Å²) in [5.41, 5.74) is 0.0998. The van der Waals surface area contributed by atoms with Crippen molar-refractivity contribution >= 4 is 11.9 Å². The van der Waals surface area contributed by atoms with Gasteiger partial charge in [-0.1, -0.05) is 38.8 Å². The van der Waals surface area contributed by atoms with E-state index in [0.717, 1.165) is 25.7 Å². The van der Waals surface area contributed by atoms with Crippen LogP contribution in [0.2, 0.25) is 0 Å². The summed E-state index contributed by atoms with van der Waals surface area (Å²) in [6.07, 6.45) is 3.44. The predicted octanol–water partition coefficient (Wildman–Crippen LogP) is 3.51. The SMILES string of the molecule is CCCC[C@@H](CC)OC(=O)c1ccccc1C(=O)O. The third kappa shape index (κ3) is 4.39. The number of hydrogen-bond acceptors (Lipinski definition) is 3. The van der Waals surface area contributed by atoms with Gasteiger partial charge in [0.1, 0.15) is 6.10 Å². The highest BCUT2D eigenvalue weighted by molar-refractivity contribution is 6.02. The van der Waals surface area contributed by atoms with Gasteiger partial charge in [-0.3, -0.25) is 0 Å². The summed E-state index contributed by atoms with van der Waals surface area (Å²) in [5, 5.41) is 9.04. The van der Waals surface area contributed by atoms with Crippen molar-refractivity contribution in [1.29, 1.82) is 0 Å². The van der Waals surface area contributed by atoms with E-state index < -0.39 is 11.9 Å². The Morgan fingerprint density at radius 1 is 1.21 bits per heavy atom. The van der Waals surface area contributed by atoms with E-state index in [9.17, 15) is 9.59 Å². The van der Waals surface area contributed by atoms with E-state index in [-0.39, 0.29) is 17.2 Å². The molecule has 4 nitrogen and oxygen atoms in total. The summed E-state index contributed by atoms with van der Waals surface area (Å²) in [5.74, 6) is -1.67. The van der Waals surface area contributed by atoms with Gasteiger partial charge >= 0.3 is 11.9 Å². The lowest BCUT2D eigenvalue weighted by Crippen LogP contribution is -2.19. The standard InChI is InChI=1S/C15H20O4/c1-3-5-8-11(4-2)19-15(18)13-10-7-6-9-12(13)14(16)17/h6-7,9-11H,3-5,8H2,1-2H3,(H,16,17)/t11-/m1/s1. The Kier molecular flexibility index (Phi) is 6.06. The fourth-order valence-corrected chi connectivity index (χ4v) is 1.84. The monoisotopic (exact) mass is 264 g/mol. The Balaban J connectivity index is 2.80. The fourth-order valence-electron chi connectivity index (χ4n) is 1.84. The summed E-state index contributed by atoms with van der Waals surface area (Å²) in [4.78, 5) is 23.1. The van der Waals surface area contributed by atoms with E-state index >= 15 is 0 Å². The number of ether oxygens (including phenoxy) is 1. The van der Waals surface area contributed by atoms with Crippen molar-refractivity contribution in [2.45, 2.75) is 45.6 Å². The summed E-state index contributed by atoms with van der Waals surface area (Å²) < 4.78 is 5.38. The summed E-state index contributed by atoms with van der Waals surface area (Å²) in [7, 11) is 0. The molecular weight excluding hydrogens is 244 g/mol. The molecule has 1 atom stereocenters. The van der Waals surface area contributed by atoms with Crippen LogP contribution in [-0.2, 0) is 4.74 Å². The summed E-state index contributed by atoms with van der Waals surface area (Å²) in [6, 6.07) is 6.12. The highest BCUT2D eigenvalue weighted by Gasteiger charge is 2.19. The molecule has 0 saturated heterocycles. The van der Waals surface area contributed by atoms with Crippen LogP contribution in [0.5, 0.6) is 0 Å². The number of benzene rings is 1. The Morgan fingerprint density at radius 2 is 1.84 bits per heavy atom. The number of hydrogen-bond donors (Lipinski definition) is 1. The minimum atomic E-state index is -1.12. The van der Waals surface area contributed by atoms with Crippen molar-refractivity contribution in [3.8, 4) is 0 Å². The maximum atomic E-state index is 12.0. The molecular formula is C15H20O4. The molecule has 0 heterocycles. The molecule has 0 amide bonds. The Morgan fingerprint density at radius 3 is 2.37 bits per heavy atom. The smallest absolute Gasteiger partial charge is 0.339 e. The first-order valence-corrected chi connectivity index (χ1v) is 6.63. The van der Waals surface area contributed by atoms with Crippen LogP contribution in [0.15, 0.2) is 24.3 Å². The van der Waals surface area contributed by atoms with Gasteiger partial charge in [-0.15, -0.1) is 0 Å². The van der Waals surface area contributed by atoms with E-state index in [4.69, 9.17) is 9.84 Å². The number of carbonyl (C=O) groups excluding carboxylic acids is 1. The van der Waals surface area contributed by atoms with E-state index in [1.807, 2.05) is 6.92 Å². The second-order valence-electron chi connectivity index (χ2n) is 4.43. The van der Waals surface area contributed by atoms with Crippen LogP contribution in [-0.4, -0.2) is 23.1 Å². The molecule has 0 spiro atoms. The number of rotatable bonds is 7. The maximum Gasteiger partial charge on any atom is 0.339 e. The highest BCUT2D eigenvalue weighted by Crippen LogP contribution is 2.15.